The number of rotatable bonds is 8. The Balaban J connectivity index is 1.77. The van der Waals surface area contributed by atoms with Crippen molar-refractivity contribution >= 4 is 28.9 Å². The number of carbonyl (C=O) groups is 1. The van der Waals surface area contributed by atoms with Gasteiger partial charge >= 0.3 is 0 Å². The van der Waals surface area contributed by atoms with Crippen molar-refractivity contribution in [3.05, 3.63) is 75.2 Å². The van der Waals surface area contributed by atoms with Crippen molar-refractivity contribution in [3.8, 4) is 11.1 Å². The van der Waals surface area contributed by atoms with Gasteiger partial charge in [0, 0.05) is 34.6 Å². The Hall–Kier alpha value is -3.31. The molecule has 1 amide bonds. The van der Waals surface area contributed by atoms with Crippen LogP contribution in [0.25, 0.3) is 11.1 Å². The van der Waals surface area contributed by atoms with E-state index in [0.29, 0.717) is 30.3 Å². The lowest BCUT2D eigenvalue weighted by Gasteiger charge is -2.28. The van der Waals surface area contributed by atoms with Gasteiger partial charge in [-0.2, -0.15) is 0 Å². The first kappa shape index (κ1) is 23.8. The van der Waals surface area contributed by atoms with Gasteiger partial charge in [0.15, 0.2) is 0 Å². The van der Waals surface area contributed by atoms with Crippen LogP contribution in [0.15, 0.2) is 47.5 Å². The second kappa shape index (κ2) is 10.3. The molecule has 1 aromatic carbocycles. The molecule has 0 radical (unpaired) electrons. The molecular weight excluding hydrogens is 467 g/mol. The third kappa shape index (κ3) is 4.95. The number of benzene rings is 1. The molecule has 0 unspecified atom stereocenters. The normalized spacial score (nSPS) is 13.6. The van der Waals surface area contributed by atoms with Crippen molar-refractivity contribution in [2.24, 2.45) is 0 Å². The Morgan fingerprint density at radius 1 is 1.21 bits per heavy atom. The minimum Gasteiger partial charge on any atom is -0.394 e. The Morgan fingerprint density at radius 3 is 2.65 bits per heavy atom. The van der Waals surface area contributed by atoms with Crippen LogP contribution in [0, 0.1) is 5.82 Å². The number of H-pyrrole nitrogens is 1. The molecule has 0 aliphatic carbocycles. The number of halogens is 2. The number of aliphatic hydroxyl groups excluding tert-OH is 2. The first-order valence-electron chi connectivity index (χ1n) is 10.4. The number of carbonyl (C=O) groups excluding carboxylic acids is 1. The van der Waals surface area contributed by atoms with E-state index in [1.54, 1.807) is 6.07 Å². The number of aromatic amines is 1. The minimum atomic E-state index is -0.839. The zero-order valence-corrected chi connectivity index (χ0v) is 18.6. The zero-order chi connectivity index (χ0) is 24.2. The standard InChI is InChI=1S/C23H22ClFN4O5/c24-13-1-2-18(25)15(5-13)16-6-20(21(29-22(16)32)12-10-34-11-12)28-19-3-4-26-7-17(19)23(33)27-14(8-30)9-31/h1-7,12,14,30-31H,8-11H2,(H,26,28)(H,27,33)(H,29,32). The third-order valence-corrected chi connectivity index (χ3v) is 5.68. The molecule has 5 N–H and O–H groups in total. The molecule has 0 bridgehead atoms. The summed E-state index contributed by atoms with van der Waals surface area (Å²) < 4.78 is 19.8. The number of pyridine rings is 2. The molecule has 11 heteroatoms. The van der Waals surface area contributed by atoms with E-state index < -0.39 is 36.5 Å². The average Bonchev–Trinajstić information content (AvgIpc) is 2.80. The van der Waals surface area contributed by atoms with Gasteiger partial charge in [0.05, 0.1) is 55.0 Å². The highest BCUT2D eigenvalue weighted by molar-refractivity contribution is 6.30. The molecule has 2 aromatic heterocycles. The van der Waals surface area contributed by atoms with Gasteiger partial charge in [0.25, 0.3) is 11.5 Å². The van der Waals surface area contributed by atoms with Crippen LogP contribution in [0.1, 0.15) is 22.0 Å². The van der Waals surface area contributed by atoms with Crippen LogP contribution in [0.2, 0.25) is 5.02 Å². The van der Waals surface area contributed by atoms with Crippen LogP contribution in [0.4, 0.5) is 15.8 Å². The van der Waals surface area contributed by atoms with E-state index >= 15 is 0 Å². The van der Waals surface area contributed by atoms with Crippen molar-refractivity contribution < 1.29 is 24.1 Å². The molecule has 1 fully saturated rings. The lowest BCUT2D eigenvalue weighted by molar-refractivity contribution is 0.00695. The van der Waals surface area contributed by atoms with Gasteiger partial charge in [-0.1, -0.05) is 11.6 Å². The predicted octanol–water partition coefficient (Wildman–Crippen LogP) is 2.17. The zero-order valence-electron chi connectivity index (χ0n) is 17.8. The fourth-order valence-electron chi connectivity index (χ4n) is 3.52. The van der Waals surface area contributed by atoms with Crippen molar-refractivity contribution in [1.29, 1.82) is 0 Å². The lowest BCUT2D eigenvalue weighted by Crippen LogP contribution is -2.40. The van der Waals surface area contributed by atoms with Gasteiger partial charge < -0.3 is 30.6 Å². The molecule has 178 valence electrons. The van der Waals surface area contributed by atoms with Crippen molar-refractivity contribution in [3.63, 3.8) is 0 Å². The fraction of sp³-hybridized carbons (Fsp3) is 0.261. The van der Waals surface area contributed by atoms with E-state index in [-0.39, 0.29) is 27.6 Å². The first-order chi connectivity index (χ1) is 16.4. The summed E-state index contributed by atoms with van der Waals surface area (Å²) in [4.78, 5) is 32.4. The number of amides is 1. The molecule has 1 aliphatic heterocycles. The maximum atomic E-state index is 14.5. The predicted molar refractivity (Wildman–Crippen MR) is 124 cm³/mol. The highest BCUT2D eigenvalue weighted by atomic mass is 35.5. The maximum Gasteiger partial charge on any atom is 0.256 e. The van der Waals surface area contributed by atoms with E-state index in [0.717, 1.165) is 0 Å². The molecule has 0 atom stereocenters. The number of hydrogen-bond acceptors (Lipinski definition) is 7. The number of ether oxygens (including phenoxy) is 1. The van der Waals surface area contributed by atoms with Gasteiger partial charge in [0.1, 0.15) is 5.82 Å². The Morgan fingerprint density at radius 2 is 1.97 bits per heavy atom. The molecule has 3 aromatic rings. The number of nitrogens with zero attached hydrogens (tertiary/aromatic N) is 1. The topological polar surface area (TPSA) is 137 Å². The van der Waals surface area contributed by atoms with E-state index in [4.69, 9.17) is 16.3 Å². The summed E-state index contributed by atoms with van der Waals surface area (Å²) in [5.74, 6) is -1.27. The Bertz CT molecular complexity index is 1260. The molecular formula is C23H22ClFN4O5. The molecule has 0 spiro atoms. The quantitative estimate of drug-likeness (QED) is 0.328. The van der Waals surface area contributed by atoms with Crippen LogP contribution < -0.4 is 16.2 Å². The van der Waals surface area contributed by atoms with Crippen molar-refractivity contribution in [2.45, 2.75) is 12.0 Å². The number of aliphatic hydroxyl groups is 2. The number of aromatic nitrogens is 2. The highest BCUT2D eigenvalue weighted by Gasteiger charge is 2.27. The molecule has 9 nitrogen and oxygen atoms in total. The maximum absolute atomic E-state index is 14.5. The Labute approximate surface area is 198 Å². The number of nitrogens with one attached hydrogen (secondary N) is 3. The van der Waals surface area contributed by atoms with E-state index in [1.807, 2.05) is 0 Å². The second-order valence-electron chi connectivity index (χ2n) is 7.78. The number of anilines is 2. The van der Waals surface area contributed by atoms with Crippen molar-refractivity contribution in [1.82, 2.24) is 15.3 Å². The summed E-state index contributed by atoms with van der Waals surface area (Å²) in [6.07, 6.45) is 2.81. The lowest BCUT2D eigenvalue weighted by atomic mass is 9.98. The average molecular weight is 489 g/mol. The van der Waals surface area contributed by atoms with E-state index in [1.165, 1.54) is 36.7 Å². The molecule has 1 aliphatic rings. The van der Waals surface area contributed by atoms with Crippen LogP contribution in [-0.2, 0) is 4.74 Å². The van der Waals surface area contributed by atoms with Gasteiger partial charge in [-0.05, 0) is 30.3 Å². The van der Waals surface area contributed by atoms with Gasteiger partial charge in [0.2, 0.25) is 0 Å². The van der Waals surface area contributed by atoms with Crippen LogP contribution in [0.3, 0.4) is 0 Å². The molecule has 0 saturated carbocycles. The van der Waals surface area contributed by atoms with E-state index in [2.05, 4.69) is 20.6 Å². The van der Waals surface area contributed by atoms with Gasteiger partial charge in [-0.15, -0.1) is 0 Å². The summed E-state index contributed by atoms with van der Waals surface area (Å²) in [5, 5.41) is 24.5. The summed E-state index contributed by atoms with van der Waals surface area (Å²) in [7, 11) is 0. The third-order valence-electron chi connectivity index (χ3n) is 5.45. The summed E-state index contributed by atoms with van der Waals surface area (Å²) >= 11 is 6.02. The fourth-order valence-corrected chi connectivity index (χ4v) is 3.69. The highest BCUT2D eigenvalue weighted by Crippen LogP contribution is 2.34. The molecule has 4 rings (SSSR count). The largest absolute Gasteiger partial charge is 0.394 e. The number of hydrogen-bond donors (Lipinski definition) is 5. The summed E-state index contributed by atoms with van der Waals surface area (Å²) in [5.41, 5.74) is 1.11. The Kier molecular flexibility index (Phi) is 7.23. The van der Waals surface area contributed by atoms with Crippen LogP contribution >= 0.6 is 11.6 Å². The minimum absolute atomic E-state index is 0.0367. The van der Waals surface area contributed by atoms with Gasteiger partial charge in [-0.25, -0.2) is 4.39 Å². The van der Waals surface area contributed by atoms with Crippen LogP contribution in [-0.4, -0.2) is 58.6 Å². The van der Waals surface area contributed by atoms with Crippen molar-refractivity contribution in [2.75, 3.05) is 31.7 Å². The molecule has 34 heavy (non-hydrogen) atoms. The SMILES string of the molecule is O=C(NC(CO)CO)c1cnccc1Nc1cc(-c2cc(Cl)ccc2F)c(=O)[nH]c1C1COC1. The monoisotopic (exact) mass is 488 g/mol. The van der Waals surface area contributed by atoms with E-state index in [9.17, 15) is 24.2 Å². The second-order valence-corrected chi connectivity index (χ2v) is 8.22. The first-order valence-corrected chi connectivity index (χ1v) is 10.8. The summed E-state index contributed by atoms with van der Waals surface area (Å²) in [6, 6.07) is 6.17. The smallest absolute Gasteiger partial charge is 0.256 e. The molecule has 3 heterocycles. The summed E-state index contributed by atoms with van der Waals surface area (Å²) in [6.45, 7) is -0.0845. The van der Waals surface area contributed by atoms with Gasteiger partial charge in [-0.3, -0.25) is 14.6 Å². The van der Waals surface area contributed by atoms with Crippen LogP contribution in [0.5, 0.6) is 0 Å². The molecule has 1 saturated heterocycles.